The molecule has 0 N–H and O–H groups in total. The van der Waals surface area contributed by atoms with Gasteiger partial charge in [-0.05, 0) is 83.9 Å². The van der Waals surface area contributed by atoms with Crippen molar-refractivity contribution in [1.29, 1.82) is 0 Å². The van der Waals surface area contributed by atoms with E-state index in [4.69, 9.17) is 0 Å². The Labute approximate surface area is 254 Å². The summed E-state index contributed by atoms with van der Waals surface area (Å²) in [7, 11) is 0. The van der Waals surface area contributed by atoms with Crippen LogP contribution in [0.3, 0.4) is 0 Å². The molecule has 0 aliphatic heterocycles. The van der Waals surface area contributed by atoms with Crippen molar-refractivity contribution in [3.63, 3.8) is 0 Å². The van der Waals surface area contributed by atoms with Crippen molar-refractivity contribution >= 4 is 63.8 Å². The van der Waals surface area contributed by atoms with Gasteiger partial charge in [-0.3, -0.25) is 0 Å². The van der Waals surface area contributed by atoms with Crippen molar-refractivity contribution in [2.45, 2.75) is 0 Å². The molecule has 0 aliphatic carbocycles. The van der Waals surface area contributed by atoms with Gasteiger partial charge in [0.2, 0.25) is 0 Å². The molecule has 200 valence electrons. The fourth-order valence-corrected chi connectivity index (χ4v) is 8.13. The first-order chi connectivity index (χ1) is 21.3. The van der Waals surface area contributed by atoms with E-state index in [0.717, 1.165) is 0 Å². The lowest BCUT2D eigenvalue weighted by Gasteiger charge is -2.19. The molecule has 0 saturated heterocycles. The van der Waals surface area contributed by atoms with Crippen LogP contribution in [-0.4, -0.2) is 0 Å². The first-order valence-electron chi connectivity index (χ1n) is 14.8. The standard InChI is InChI=1S/C42H26S/c1-2-12-28(13-3-1)31-21-11-23-39-42(31)37-26-29(24-25-38(37)43-39)40-33-17-6-8-19-35(33)41(36-20-9-7-18-34(36)40)32-22-10-15-27-14-4-5-16-30(27)32/h1-26H. The van der Waals surface area contributed by atoms with E-state index in [1.54, 1.807) is 0 Å². The monoisotopic (exact) mass is 562 g/mol. The Morgan fingerprint density at radius 2 is 0.907 bits per heavy atom. The first kappa shape index (κ1) is 24.4. The van der Waals surface area contributed by atoms with Crippen molar-refractivity contribution in [3.8, 4) is 33.4 Å². The lowest BCUT2D eigenvalue weighted by Crippen LogP contribution is -1.91. The smallest absolute Gasteiger partial charge is 0.0361 e. The maximum atomic E-state index is 2.44. The predicted octanol–water partition coefficient (Wildman–Crippen LogP) is 12.5. The Hall–Kier alpha value is -5.24. The summed E-state index contributed by atoms with van der Waals surface area (Å²) in [6, 6.07) is 57.9. The minimum absolute atomic E-state index is 1.26. The average molecular weight is 563 g/mol. The van der Waals surface area contributed by atoms with Gasteiger partial charge in [0.1, 0.15) is 0 Å². The fraction of sp³-hybridized carbons (Fsp3) is 0. The third-order valence-corrected chi connectivity index (χ3v) is 9.99. The minimum atomic E-state index is 1.26. The van der Waals surface area contributed by atoms with Gasteiger partial charge in [0.05, 0.1) is 0 Å². The third kappa shape index (κ3) is 3.75. The molecular weight excluding hydrogens is 537 g/mol. The van der Waals surface area contributed by atoms with E-state index in [2.05, 4.69) is 158 Å². The zero-order valence-corrected chi connectivity index (χ0v) is 24.2. The number of rotatable bonds is 3. The molecule has 0 nitrogen and oxygen atoms in total. The molecule has 0 radical (unpaired) electrons. The summed E-state index contributed by atoms with van der Waals surface area (Å²) in [6.07, 6.45) is 0. The highest BCUT2D eigenvalue weighted by Gasteiger charge is 2.19. The number of hydrogen-bond acceptors (Lipinski definition) is 1. The van der Waals surface area contributed by atoms with Gasteiger partial charge in [0, 0.05) is 20.2 Å². The van der Waals surface area contributed by atoms with Gasteiger partial charge < -0.3 is 0 Å². The number of hydrogen-bond donors (Lipinski definition) is 0. The van der Waals surface area contributed by atoms with Gasteiger partial charge in [-0.25, -0.2) is 0 Å². The Kier molecular flexibility index (Phi) is 5.47. The van der Waals surface area contributed by atoms with E-state index in [1.807, 2.05) is 11.3 Å². The van der Waals surface area contributed by atoms with Crippen molar-refractivity contribution < 1.29 is 0 Å². The Morgan fingerprint density at radius 3 is 1.65 bits per heavy atom. The van der Waals surface area contributed by atoms with Gasteiger partial charge in [-0.15, -0.1) is 11.3 Å². The Bertz CT molecular complexity index is 2440. The van der Waals surface area contributed by atoms with Crippen LogP contribution < -0.4 is 0 Å². The van der Waals surface area contributed by atoms with Crippen LogP contribution in [0.2, 0.25) is 0 Å². The summed E-state index contributed by atoms with van der Waals surface area (Å²) in [6.45, 7) is 0. The molecule has 0 spiro atoms. The van der Waals surface area contributed by atoms with Crippen LogP contribution in [0.25, 0.3) is 85.9 Å². The third-order valence-electron chi connectivity index (χ3n) is 8.86. The zero-order chi connectivity index (χ0) is 28.3. The summed E-state index contributed by atoms with van der Waals surface area (Å²) in [5.74, 6) is 0. The van der Waals surface area contributed by atoms with Gasteiger partial charge in [-0.1, -0.05) is 140 Å². The van der Waals surface area contributed by atoms with Crippen LogP contribution in [0.5, 0.6) is 0 Å². The van der Waals surface area contributed by atoms with Crippen LogP contribution in [0.4, 0.5) is 0 Å². The van der Waals surface area contributed by atoms with E-state index >= 15 is 0 Å². The number of fused-ring (bicyclic) bond motifs is 6. The van der Waals surface area contributed by atoms with E-state index < -0.39 is 0 Å². The van der Waals surface area contributed by atoms with Gasteiger partial charge in [-0.2, -0.15) is 0 Å². The Morgan fingerprint density at radius 1 is 0.326 bits per heavy atom. The van der Waals surface area contributed by atoms with Crippen molar-refractivity contribution in [1.82, 2.24) is 0 Å². The first-order valence-corrected chi connectivity index (χ1v) is 15.6. The van der Waals surface area contributed by atoms with Crippen molar-refractivity contribution in [2.75, 3.05) is 0 Å². The fourth-order valence-electron chi connectivity index (χ4n) is 7.01. The summed E-state index contributed by atoms with van der Waals surface area (Å²) in [5.41, 5.74) is 7.70. The van der Waals surface area contributed by atoms with E-state index in [9.17, 15) is 0 Å². The van der Waals surface area contributed by atoms with Gasteiger partial charge in [0.15, 0.2) is 0 Å². The molecule has 1 aromatic heterocycles. The molecule has 8 aromatic carbocycles. The summed E-state index contributed by atoms with van der Waals surface area (Å²) < 4.78 is 2.65. The van der Waals surface area contributed by atoms with Crippen LogP contribution in [0, 0.1) is 0 Å². The van der Waals surface area contributed by atoms with Crippen LogP contribution in [0.1, 0.15) is 0 Å². The maximum absolute atomic E-state index is 2.44. The van der Waals surface area contributed by atoms with Crippen LogP contribution >= 0.6 is 11.3 Å². The zero-order valence-electron chi connectivity index (χ0n) is 23.4. The average Bonchev–Trinajstić information content (AvgIpc) is 3.45. The second-order valence-electron chi connectivity index (χ2n) is 11.2. The van der Waals surface area contributed by atoms with Gasteiger partial charge in [0.25, 0.3) is 0 Å². The second-order valence-corrected chi connectivity index (χ2v) is 12.3. The largest absolute Gasteiger partial charge is 0.135 e. The van der Waals surface area contributed by atoms with Crippen LogP contribution in [0.15, 0.2) is 158 Å². The maximum Gasteiger partial charge on any atom is 0.0361 e. The molecule has 0 bridgehead atoms. The molecule has 0 fully saturated rings. The van der Waals surface area contributed by atoms with Crippen LogP contribution in [-0.2, 0) is 0 Å². The topological polar surface area (TPSA) is 0 Å². The molecule has 43 heavy (non-hydrogen) atoms. The van der Waals surface area contributed by atoms with E-state index in [-0.39, 0.29) is 0 Å². The molecular formula is C42H26S. The van der Waals surface area contributed by atoms with E-state index in [1.165, 1.54) is 85.9 Å². The van der Waals surface area contributed by atoms with Crippen molar-refractivity contribution in [3.05, 3.63) is 158 Å². The summed E-state index contributed by atoms with van der Waals surface area (Å²) in [4.78, 5) is 0. The summed E-state index contributed by atoms with van der Waals surface area (Å²) >= 11 is 1.88. The van der Waals surface area contributed by atoms with Gasteiger partial charge >= 0.3 is 0 Å². The highest BCUT2D eigenvalue weighted by atomic mass is 32.1. The molecule has 1 heteroatoms. The number of thiophene rings is 1. The predicted molar refractivity (Wildman–Crippen MR) is 188 cm³/mol. The number of benzene rings is 8. The molecule has 9 aromatic rings. The van der Waals surface area contributed by atoms with E-state index in [0.29, 0.717) is 0 Å². The molecule has 0 atom stereocenters. The Balaban J connectivity index is 1.38. The molecule has 0 saturated carbocycles. The molecule has 0 aliphatic rings. The molecule has 0 amide bonds. The normalized spacial score (nSPS) is 11.7. The minimum Gasteiger partial charge on any atom is -0.135 e. The molecule has 0 unspecified atom stereocenters. The highest BCUT2D eigenvalue weighted by Crippen LogP contribution is 2.47. The lowest BCUT2D eigenvalue weighted by molar-refractivity contribution is 1.67. The molecule has 9 rings (SSSR count). The lowest BCUT2D eigenvalue weighted by atomic mass is 9.84. The summed E-state index contributed by atoms with van der Waals surface area (Å²) in [5, 5.41) is 10.4. The highest BCUT2D eigenvalue weighted by molar-refractivity contribution is 7.26. The molecule has 1 heterocycles. The SMILES string of the molecule is c1ccc(-c2cccc3sc4ccc(-c5c6ccccc6c(-c6cccc7ccccc67)c6ccccc56)cc4c23)cc1. The quantitative estimate of drug-likeness (QED) is 0.188. The van der Waals surface area contributed by atoms with Crippen molar-refractivity contribution in [2.24, 2.45) is 0 Å². The second kappa shape index (κ2) is 9.66.